The van der Waals surface area contributed by atoms with Crippen LogP contribution in [0.4, 0.5) is 5.13 Å². The number of rotatable bonds is 3. The van der Waals surface area contributed by atoms with Crippen LogP contribution in [0, 0.1) is 6.92 Å². The second-order valence-corrected chi connectivity index (χ2v) is 9.60. The number of hydrogen-bond donors (Lipinski definition) is 0. The quantitative estimate of drug-likeness (QED) is 0.350. The zero-order chi connectivity index (χ0) is 21.9. The maximum Gasteiger partial charge on any atom is 0.297 e. The van der Waals surface area contributed by atoms with E-state index in [9.17, 15) is 9.59 Å². The third kappa shape index (κ3) is 3.21. The molecule has 0 saturated heterocycles. The first-order valence-electron chi connectivity index (χ1n) is 9.57. The van der Waals surface area contributed by atoms with E-state index in [1.54, 1.807) is 12.1 Å². The van der Waals surface area contributed by atoms with E-state index in [1.165, 1.54) is 16.2 Å². The van der Waals surface area contributed by atoms with Gasteiger partial charge in [-0.15, -0.1) is 10.2 Å². The number of nitrogens with zero attached hydrogens (tertiary/aromatic N) is 3. The van der Waals surface area contributed by atoms with Crippen molar-refractivity contribution in [2.24, 2.45) is 0 Å². The molecule has 3 heterocycles. The average molecular weight is 517 g/mol. The molecule has 1 aliphatic heterocycles. The number of carbonyl (C=O) groups is 1. The molecule has 0 N–H and O–H groups in total. The maximum atomic E-state index is 13.6. The Morgan fingerprint density at radius 2 is 2.03 bits per heavy atom. The molecular formula is C22H15BrClN3O3S. The van der Waals surface area contributed by atoms with Crippen molar-refractivity contribution in [2.45, 2.75) is 26.3 Å². The first-order chi connectivity index (χ1) is 14.9. The maximum absolute atomic E-state index is 13.6. The van der Waals surface area contributed by atoms with Gasteiger partial charge in [-0.1, -0.05) is 57.9 Å². The van der Waals surface area contributed by atoms with E-state index in [-0.39, 0.29) is 16.8 Å². The summed E-state index contributed by atoms with van der Waals surface area (Å²) < 4.78 is 6.83. The SMILES string of the molecule is CCc1nnc(N2C(=O)c3oc4cc(C)c(Cl)cc4c(=O)c3C2c2cccc(Br)c2)s1. The molecule has 0 bridgehead atoms. The highest BCUT2D eigenvalue weighted by molar-refractivity contribution is 9.10. The summed E-state index contributed by atoms with van der Waals surface area (Å²) in [7, 11) is 0. The second kappa shape index (κ2) is 7.55. The van der Waals surface area contributed by atoms with Crippen molar-refractivity contribution in [1.82, 2.24) is 10.2 Å². The molecule has 0 radical (unpaired) electrons. The smallest absolute Gasteiger partial charge is 0.297 e. The molecular weight excluding hydrogens is 502 g/mol. The predicted molar refractivity (Wildman–Crippen MR) is 124 cm³/mol. The van der Waals surface area contributed by atoms with Crippen molar-refractivity contribution in [3.8, 4) is 0 Å². The number of fused-ring (bicyclic) bond motifs is 2. The van der Waals surface area contributed by atoms with E-state index in [0.29, 0.717) is 27.5 Å². The van der Waals surface area contributed by atoms with Gasteiger partial charge in [0.15, 0.2) is 5.43 Å². The fourth-order valence-corrected chi connectivity index (χ4v) is 5.15. The highest BCUT2D eigenvalue weighted by Crippen LogP contribution is 2.42. The van der Waals surface area contributed by atoms with E-state index in [1.807, 2.05) is 38.1 Å². The Morgan fingerprint density at radius 3 is 2.74 bits per heavy atom. The Bertz CT molecular complexity index is 1430. The normalized spacial score (nSPS) is 15.7. The molecule has 2 aromatic heterocycles. The summed E-state index contributed by atoms with van der Waals surface area (Å²) in [5.74, 6) is -0.386. The number of aryl methyl sites for hydroxylation is 2. The molecule has 4 aromatic rings. The predicted octanol–water partition coefficient (Wildman–Crippen LogP) is 5.68. The van der Waals surface area contributed by atoms with Gasteiger partial charge in [0.1, 0.15) is 10.6 Å². The minimum atomic E-state index is -0.682. The third-order valence-electron chi connectivity index (χ3n) is 5.28. The molecule has 0 aliphatic carbocycles. The Kier molecular flexibility index (Phi) is 4.96. The van der Waals surface area contributed by atoms with Crippen LogP contribution in [-0.2, 0) is 6.42 Å². The molecule has 0 spiro atoms. The molecule has 31 heavy (non-hydrogen) atoms. The number of benzene rings is 2. The van der Waals surface area contributed by atoms with Crippen LogP contribution in [0.5, 0.6) is 0 Å². The van der Waals surface area contributed by atoms with Gasteiger partial charge in [-0.2, -0.15) is 0 Å². The Morgan fingerprint density at radius 1 is 1.23 bits per heavy atom. The van der Waals surface area contributed by atoms with Gasteiger partial charge in [-0.05, 0) is 48.7 Å². The number of amides is 1. The molecule has 2 aromatic carbocycles. The monoisotopic (exact) mass is 515 g/mol. The lowest BCUT2D eigenvalue weighted by molar-refractivity contribution is 0.0970. The summed E-state index contributed by atoms with van der Waals surface area (Å²) >= 11 is 11.1. The van der Waals surface area contributed by atoms with Crippen LogP contribution in [0.25, 0.3) is 11.0 Å². The standard InChI is InChI=1S/C22H15BrClN3O3S/c1-3-16-25-26-22(31-16)27-18(11-5-4-6-12(23)8-11)17-19(28)13-9-14(24)10(2)7-15(13)30-20(17)21(27)29/h4-9,18H,3H2,1-2H3. The average Bonchev–Trinajstić information content (AvgIpc) is 3.32. The fourth-order valence-electron chi connectivity index (χ4n) is 3.77. The number of aromatic nitrogens is 2. The van der Waals surface area contributed by atoms with Gasteiger partial charge >= 0.3 is 0 Å². The first kappa shape index (κ1) is 20.4. The van der Waals surface area contributed by atoms with Crippen LogP contribution in [0.15, 0.2) is 50.1 Å². The van der Waals surface area contributed by atoms with Crippen molar-refractivity contribution < 1.29 is 9.21 Å². The zero-order valence-electron chi connectivity index (χ0n) is 16.5. The van der Waals surface area contributed by atoms with Crippen molar-refractivity contribution in [1.29, 1.82) is 0 Å². The highest BCUT2D eigenvalue weighted by Gasteiger charge is 2.45. The van der Waals surface area contributed by atoms with Crippen molar-refractivity contribution in [3.05, 3.63) is 83.6 Å². The topological polar surface area (TPSA) is 76.3 Å². The highest BCUT2D eigenvalue weighted by atomic mass is 79.9. The van der Waals surface area contributed by atoms with Crippen molar-refractivity contribution in [2.75, 3.05) is 4.90 Å². The summed E-state index contributed by atoms with van der Waals surface area (Å²) in [4.78, 5) is 28.6. The Labute approximate surface area is 194 Å². The second-order valence-electron chi connectivity index (χ2n) is 7.24. The minimum absolute atomic E-state index is 0.0254. The summed E-state index contributed by atoms with van der Waals surface area (Å²) in [6.07, 6.45) is 0.701. The third-order valence-corrected chi connectivity index (χ3v) is 7.25. The summed E-state index contributed by atoms with van der Waals surface area (Å²) in [5, 5.41) is 10.4. The summed E-state index contributed by atoms with van der Waals surface area (Å²) in [5.41, 5.74) is 1.86. The lowest BCUT2D eigenvalue weighted by Crippen LogP contribution is -2.29. The van der Waals surface area contributed by atoms with Gasteiger partial charge < -0.3 is 4.42 Å². The van der Waals surface area contributed by atoms with E-state index in [4.69, 9.17) is 16.0 Å². The van der Waals surface area contributed by atoms with Gasteiger partial charge in [-0.25, -0.2) is 0 Å². The van der Waals surface area contributed by atoms with Gasteiger partial charge in [0, 0.05) is 9.50 Å². The van der Waals surface area contributed by atoms with E-state index < -0.39 is 11.9 Å². The van der Waals surface area contributed by atoms with E-state index in [2.05, 4.69) is 26.1 Å². The Hall–Kier alpha value is -2.55. The first-order valence-corrected chi connectivity index (χ1v) is 11.6. The van der Waals surface area contributed by atoms with Crippen LogP contribution in [0.3, 0.4) is 0 Å². The number of halogens is 2. The number of hydrogen-bond acceptors (Lipinski definition) is 6. The van der Waals surface area contributed by atoms with Gasteiger partial charge in [0.2, 0.25) is 10.9 Å². The van der Waals surface area contributed by atoms with E-state index in [0.717, 1.165) is 20.6 Å². The molecule has 1 aliphatic rings. The van der Waals surface area contributed by atoms with Gasteiger partial charge in [-0.3, -0.25) is 14.5 Å². The molecule has 5 rings (SSSR count). The molecule has 6 nitrogen and oxygen atoms in total. The Balaban J connectivity index is 1.82. The molecule has 0 fully saturated rings. The lowest BCUT2D eigenvalue weighted by Gasteiger charge is -2.22. The summed E-state index contributed by atoms with van der Waals surface area (Å²) in [6.45, 7) is 3.79. The van der Waals surface area contributed by atoms with Crippen LogP contribution >= 0.6 is 38.9 Å². The largest absolute Gasteiger partial charge is 0.450 e. The van der Waals surface area contributed by atoms with Crippen LogP contribution in [0.2, 0.25) is 5.02 Å². The van der Waals surface area contributed by atoms with Crippen LogP contribution < -0.4 is 10.3 Å². The molecule has 1 amide bonds. The molecule has 156 valence electrons. The van der Waals surface area contributed by atoms with E-state index >= 15 is 0 Å². The molecule has 1 unspecified atom stereocenters. The molecule has 1 atom stereocenters. The van der Waals surface area contributed by atoms with Crippen LogP contribution in [0.1, 0.15) is 45.2 Å². The molecule has 9 heteroatoms. The zero-order valence-corrected chi connectivity index (χ0v) is 19.6. The van der Waals surface area contributed by atoms with Crippen molar-refractivity contribution in [3.63, 3.8) is 0 Å². The van der Waals surface area contributed by atoms with Crippen LogP contribution in [-0.4, -0.2) is 16.1 Å². The van der Waals surface area contributed by atoms with Crippen molar-refractivity contribution >= 4 is 60.9 Å². The fraction of sp³-hybridized carbons (Fsp3) is 0.182. The summed E-state index contributed by atoms with van der Waals surface area (Å²) in [6, 6.07) is 10.1. The lowest BCUT2D eigenvalue weighted by atomic mass is 9.98. The van der Waals surface area contributed by atoms with Gasteiger partial charge in [0.25, 0.3) is 5.91 Å². The number of carbonyl (C=O) groups excluding carboxylic acids is 1. The number of anilines is 1. The minimum Gasteiger partial charge on any atom is -0.450 e. The van der Waals surface area contributed by atoms with Gasteiger partial charge in [0.05, 0.1) is 17.0 Å². The molecule has 0 saturated carbocycles.